The first-order chi connectivity index (χ1) is 13.0. The van der Waals surface area contributed by atoms with Crippen molar-refractivity contribution >= 4 is 23.4 Å². The van der Waals surface area contributed by atoms with E-state index in [0.717, 1.165) is 11.4 Å². The molecule has 0 aliphatic carbocycles. The number of nitrogens with one attached hydrogen (secondary N) is 2. The Morgan fingerprint density at radius 3 is 2.52 bits per heavy atom. The first kappa shape index (κ1) is 18.4. The highest BCUT2D eigenvalue weighted by molar-refractivity contribution is 5.89. The van der Waals surface area contributed by atoms with Crippen LogP contribution in [0, 0.1) is 13.8 Å². The molecule has 0 saturated carbocycles. The summed E-state index contributed by atoms with van der Waals surface area (Å²) in [5.74, 6) is 0.882. The predicted molar refractivity (Wildman–Crippen MR) is 106 cm³/mol. The summed E-state index contributed by atoms with van der Waals surface area (Å²) < 4.78 is 4.71. The molecule has 0 amide bonds. The summed E-state index contributed by atoms with van der Waals surface area (Å²) in [6.45, 7) is 4.64. The number of benzene rings is 2. The smallest absolute Gasteiger partial charge is 0.337 e. The normalized spacial score (nSPS) is 10.3. The van der Waals surface area contributed by atoms with E-state index in [1.54, 1.807) is 12.1 Å². The van der Waals surface area contributed by atoms with Gasteiger partial charge in [0.1, 0.15) is 5.82 Å². The van der Waals surface area contributed by atoms with Crippen LogP contribution < -0.4 is 10.6 Å². The molecule has 0 saturated heterocycles. The summed E-state index contributed by atoms with van der Waals surface area (Å²) in [6, 6.07) is 17.2. The van der Waals surface area contributed by atoms with Crippen LogP contribution in [0.2, 0.25) is 0 Å². The molecule has 6 nitrogen and oxygen atoms in total. The van der Waals surface area contributed by atoms with Gasteiger partial charge in [-0.05, 0) is 43.7 Å². The van der Waals surface area contributed by atoms with Crippen LogP contribution >= 0.6 is 0 Å². The van der Waals surface area contributed by atoms with Gasteiger partial charge >= 0.3 is 5.97 Å². The van der Waals surface area contributed by atoms with E-state index in [2.05, 4.69) is 45.7 Å². The SMILES string of the molecule is COC(=O)c1ccc(Nc2cc(C)nc(NCc3cccc(C)c3)n2)cc1. The Hall–Kier alpha value is -3.41. The van der Waals surface area contributed by atoms with Crippen molar-refractivity contribution in [3.63, 3.8) is 0 Å². The number of aromatic nitrogens is 2. The molecule has 3 aromatic rings. The van der Waals surface area contributed by atoms with Gasteiger partial charge in [-0.3, -0.25) is 0 Å². The number of nitrogens with zero attached hydrogens (tertiary/aromatic N) is 2. The topological polar surface area (TPSA) is 76.1 Å². The van der Waals surface area contributed by atoms with Gasteiger partial charge in [0.05, 0.1) is 12.7 Å². The molecule has 0 aliphatic heterocycles. The maximum Gasteiger partial charge on any atom is 0.337 e. The number of hydrogen-bond donors (Lipinski definition) is 2. The number of ether oxygens (including phenoxy) is 1. The lowest BCUT2D eigenvalue weighted by Crippen LogP contribution is -2.06. The molecule has 1 heterocycles. The summed E-state index contributed by atoms with van der Waals surface area (Å²) in [4.78, 5) is 20.5. The van der Waals surface area contributed by atoms with Crippen molar-refractivity contribution in [3.05, 3.63) is 77.0 Å². The van der Waals surface area contributed by atoms with Gasteiger partial charge in [0.2, 0.25) is 5.95 Å². The standard InChI is InChI=1S/C21H22N4O2/c1-14-5-4-6-16(11-14)13-22-21-23-15(2)12-19(25-21)24-18-9-7-17(8-10-18)20(26)27-3/h4-12H,13H2,1-3H3,(H2,22,23,24,25). The molecule has 27 heavy (non-hydrogen) atoms. The van der Waals surface area contributed by atoms with Gasteiger partial charge in [0.15, 0.2) is 0 Å². The second kappa shape index (κ2) is 8.31. The summed E-state index contributed by atoms with van der Waals surface area (Å²) in [5, 5.41) is 6.50. The van der Waals surface area contributed by atoms with E-state index in [9.17, 15) is 4.79 Å². The molecule has 6 heteroatoms. The zero-order valence-electron chi connectivity index (χ0n) is 15.6. The molecule has 0 fully saturated rings. The van der Waals surface area contributed by atoms with E-state index in [1.165, 1.54) is 18.2 Å². The molecule has 0 spiro atoms. The first-order valence-electron chi connectivity index (χ1n) is 8.64. The number of methoxy groups -OCH3 is 1. The zero-order chi connectivity index (χ0) is 19.2. The maximum atomic E-state index is 11.5. The summed E-state index contributed by atoms with van der Waals surface area (Å²) in [6.07, 6.45) is 0. The number of carbonyl (C=O) groups excluding carboxylic acids is 1. The number of esters is 1. The lowest BCUT2D eigenvalue weighted by molar-refractivity contribution is 0.0601. The quantitative estimate of drug-likeness (QED) is 0.639. The van der Waals surface area contributed by atoms with Gasteiger partial charge < -0.3 is 15.4 Å². The van der Waals surface area contributed by atoms with Crippen LogP contribution in [0.5, 0.6) is 0 Å². The summed E-state index contributed by atoms with van der Waals surface area (Å²) >= 11 is 0. The molecule has 0 bridgehead atoms. The fourth-order valence-electron chi connectivity index (χ4n) is 2.67. The molecule has 0 unspecified atom stereocenters. The lowest BCUT2D eigenvalue weighted by atomic mass is 10.1. The molecule has 0 atom stereocenters. The van der Waals surface area contributed by atoms with Gasteiger partial charge in [-0.15, -0.1) is 0 Å². The third kappa shape index (κ3) is 5.04. The Bertz CT molecular complexity index is 939. The number of anilines is 3. The van der Waals surface area contributed by atoms with E-state index in [0.29, 0.717) is 23.9 Å². The molecule has 1 aromatic heterocycles. The lowest BCUT2D eigenvalue weighted by Gasteiger charge is -2.11. The average molecular weight is 362 g/mol. The monoisotopic (exact) mass is 362 g/mol. The van der Waals surface area contributed by atoms with Crippen LogP contribution in [0.4, 0.5) is 17.5 Å². The first-order valence-corrected chi connectivity index (χ1v) is 8.64. The van der Waals surface area contributed by atoms with Gasteiger partial charge in [-0.2, -0.15) is 4.98 Å². The van der Waals surface area contributed by atoms with Gasteiger partial charge in [0, 0.05) is 24.0 Å². The van der Waals surface area contributed by atoms with Gasteiger partial charge in [0.25, 0.3) is 0 Å². The number of hydrogen-bond acceptors (Lipinski definition) is 6. The van der Waals surface area contributed by atoms with Gasteiger partial charge in [-0.1, -0.05) is 29.8 Å². The maximum absolute atomic E-state index is 11.5. The minimum absolute atomic E-state index is 0.359. The fourth-order valence-corrected chi connectivity index (χ4v) is 2.67. The van der Waals surface area contributed by atoms with Crippen molar-refractivity contribution in [2.75, 3.05) is 17.7 Å². The highest BCUT2D eigenvalue weighted by Crippen LogP contribution is 2.18. The number of aryl methyl sites for hydroxylation is 2. The minimum atomic E-state index is -0.359. The van der Waals surface area contributed by atoms with E-state index in [-0.39, 0.29) is 5.97 Å². The van der Waals surface area contributed by atoms with Crippen molar-refractivity contribution in [1.82, 2.24) is 9.97 Å². The second-order valence-corrected chi connectivity index (χ2v) is 6.25. The van der Waals surface area contributed by atoms with E-state index in [4.69, 9.17) is 4.74 Å². The van der Waals surface area contributed by atoms with Crippen molar-refractivity contribution in [3.8, 4) is 0 Å². The minimum Gasteiger partial charge on any atom is -0.465 e. The van der Waals surface area contributed by atoms with Crippen LogP contribution in [0.15, 0.2) is 54.6 Å². The van der Waals surface area contributed by atoms with Crippen LogP contribution in [0.3, 0.4) is 0 Å². The predicted octanol–water partition coefficient (Wildman–Crippen LogP) is 4.24. The highest BCUT2D eigenvalue weighted by atomic mass is 16.5. The zero-order valence-corrected chi connectivity index (χ0v) is 15.6. The molecule has 3 rings (SSSR count). The number of rotatable bonds is 6. The van der Waals surface area contributed by atoms with Gasteiger partial charge in [-0.25, -0.2) is 9.78 Å². The van der Waals surface area contributed by atoms with Crippen molar-refractivity contribution in [2.24, 2.45) is 0 Å². The Labute approximate surface area is 158 Å². The van der Waals surface area contributed by atoms with Crippen molar-refractivity contribution < 1.29 is 9.53 Å². The molecular weight excluding hydrogens is 340 g/mol. The molecule has 0 radical (unpaired) electrons. The average Bonchev–Trinajstić information content (AvgIpc) is 2.66. The highest BCUT2D eigenvalue weighted by Gasteiger charge is 2.06. The van der Waals surface area contributed by atoms with Crippen LogP contribution in [0.25, 0.3) is 0 Å². The molecule has 138 valence electrons. The van der Waals surface area contributed by atoms with Crippen LogP contribution in [-0.2, 0) is 11.3 Å². The molecule has 0 aliphatic rings. The Balaban J connectivity index is 1.70. The third-order valence-corrected chi connectivity index (χ3v) is 3.97. The van der Waals surface area contributed by atoms with E-state index >= 15 is 0 Å². The molecular formula is C21H22N4O2. The van der Waals surface area contributed by atoms with E-state index in [1.807, 2.05) is 31.2 Å². The Kier molecular flexibility index (Phi) is 5.66. The van der Waals surface area contributed by atoms with Crippen LogP contribution in [-0.4, -0.2) is 23.0 Å². The number of carbonyl (C=O) groups is 1. The molecule has 2 aromatic carbocycles. The molecule has 2 N–H and O–H groups in total. The summed E-state index contributed by atoms with van der Waals surface area (Å²) in [7, 11) is 1.36. The fraction of sp³-hybridized carbons (Fsp3) is 0.190. The Morgan fingerprint density at radius 1 is 1.04 bits per heavy atom. The van der Waals surface area contributed by atoms with E-state index < -0.39 is 0 Å². The second-order valence-electron chi connectivity index (χ2n) is 6.25. The Morgan fingerprint density at radius 2 is 1.81 bits per heavy atom. The van der Waals surface area contributed by atoms with Crippen LogP contribution in [0.1, 0.15) is 27.2 Å². The van der Waals surface area contributed by atoms with Crippen molar-refractivity contribution in [1.29, 1.82) is 0 Å². The largest absolute Gasteiger partial charge is 0.465 e. The third-order valence-electron chi connectivity index (χ3n) is 3.97. The van der Waals surface area contributed by atoms with Crippen molar-refractivity contribution in [2.45, 2.75) is 20.4 Å². The summed E-state index contributed by atoms with van der Waals surface area (Å²) in [5.41, 5.74) is 4.57.